The van der Waals surface area contributed by atoms with E-state index in [-0.39, 0.29) is 18.2 Å². The Labute approximate surface area is 119 Å². The van der Waals surface area contributed by atoms with Crippen LogP contribution in [0.4, 0.5) is 4.39 Å². The molecule has 1 N–H and O–H groups in total. The second-order valence-corrected chi connectivity index (χ2v) is 4.98. The fourth-order valence-electron chi connectivity index (χ4n) is 2.29. The van der Waals surface area contributed by atoms with Crippen molar-refractivity contribution in [3.05, 3.63) is 34.6 Å². The van der Waals surface area contributed by atoms with Gasteiger partial charge >= 0.3 is 0 Å². The third-order valence-corrected chi connectivity index (χ3v) is 3.77. The molecule has 0 spiro atoms. The number of rotatable bonds is 3. The van der Waals surface area contributed by atoms with Gasteiger partial charge in [-0.05, 0) is 56.7 Å². The van der Waals surface area contributed by atoms with Crippen molar-refractivity contribution in [3.63, 3.8) is 0 Å². The highest BCUT2D eigenvalue weighted by Crippen LogP contribution is 2.21. The summed E-state index contributed by atoms with van der Waals surface area (Å²) in [4.78, 5) is 2.33. The Balaban J connectivity index is 0.00000162. The van der Waals surface area contributed by atoms with Crippen LogP contribution < -0.4 is 5.32 Å². The van der Waals surface area contributed by atoms with Crippen LogP contribution in [0.5, 0.6) is 0 Å². The quantitative estimate of drug-likeness (QED) is 0.921. The fourth-order valence-corrected chi connectivity index (χ4v) is 2.46. The molecular weight excluding hydrogens is 274 g/mol. The zero-order valence-electron chi connectivity index (χ0n) is 10.5. The SMILES string of the molecule is CNC1CCN(Cc2cc(F)ccc2Cl)CC1.Cl. The Morgan fingerprint density at radius 2 is 2.06 bits per heavy atom. The van der Waals surface area contributed by atoms with Crippen LogP contribution in [0, 0.1) is 5.82 Å². The average molecular weight is 293 g/mol. The molecule has 0 amide bonds. The van der Waals surface area contributed by atoms with Gasteiger partial charge in [0.25, 0.3) is 0 Å². The lowest BCUT2D eigenvalue weighted by atomic mass is 10.0. The molecular formula is C13H19Cl2FN2. The number of likely N-dealkylation sites (tertiary alicyclic amines) is 1. The third-order valence-electron chi connectivity index (χ3n) is 3.40. The van der Waals surface area contributed by atoms with Gasteiger partial charge in [-0.3, -0.25) is 4.90 Å². The number of halogens is 3. The molecule has 1 aliphatic heterocycles. The summed E-state index contributed by atoms with van der Waals surface area (Å²) in [5.74, 6) is -0.213. The van der Waals surface area contributed by atoms with Gasteiger partial charge in [0.2, 0.25) is 0 Å². The first-order valence-corrected chi connectivity index (χ1v) is 6.40. The molecule has 1 aromatic rings. The van der Waals surface area contributed by atoms with Crippen molar-refractivity contribution in [1.29, 1.82) is 0 Å². The smallest absolute Gasteiger partial charge is 0.123 e. The Hall–Kier alpha value is -0.350. The molecule has 1 aromatic carbocycles. The maximum atomic E-state index is 13.1. The van der Waals surface area contributed by atoms with Crippen molar-refractivity contribution in [2.75, 3.05) is 20.1 Å². The van der Waals surface area contributed by atoms with Crippen molar-refractivity contribution in [1.82, 2.24) is 10.2 Å². The van der Waals surface area contributed by atoms with Crippen molar-refractivity contribution < 1.29 is 4.39 Å². The lowest BCUT2D eigenvalue weighted by Gasteiger charge is -2.31. The Morgan fingerprint density at radius 1 is 1.39 bits per heavy atom. The number of nitrogens with one attached hydrogen (secondary N) is 1. The zero-order valence-corrected chi connectivity index (χ0v) is 12.0. The van der Waals surface area contributed by atoms with Crippen LogP contribution in [-0.4, -0.2) is 31.1 Å². The summed E-state index contributed by atoms with van der Waals surface area (Å²) < 4.78 is 13.1. The predicted molar refractivity (Wildman–Crippen MR) is 76.0 cm³/mol. The highest BCUT2D eigenvalue weighted by Gasteiger charge is 2.18. The second kappa shape index (κ2) is 7.29. The summed E-state index contributed by atoms with van der Waals surface area (Å²) in [7, 11) is 2.00. The molecule has 0 bridgehead atoms. The molecule has 1 fully saturated rings. The molecule has 0 unspecified atom stereocenters. The molecule has 18 heavy (non-hydrogen) atoms. The van der Waals surface area contributed by atoms with E-state index in [9.17, 15) is 4.39 Å². The highest BCUT2D eigenvalue weighted by atomic mass is 35.5. The summed E-state index contributed by atoms with van der Waals surface area (Å²) in [6.45, 7) is 2.82. The van der Waals surface area contributed by atoms with Crippen molar-refractivity contribution >= 4 is 24.0 Å². The Morgan fingerprint density at radius 3 is 2.67 bits per heavy atom. The van der Waals surface area contributed by atoms with Gasteiger partial charge in [-0.1, -0.05) is 11.6 Å². The first-order valence-electron chi connectivity index (χ1n) is 6.02. The maximum Gasteiger partial charge on any atom is 0.123 e. The number of benzene rings is 1. The standard InChI is InChI=1S/C13H18ClFN2.ClH/c1-16-12-4-6-17(7-5-12)9-10-8-11(15)2-3-13(10)14;/h2-3,8,12,16H,4-7,9H2,1H3;1H. The van der Waals surface area contributed by atoms with E-state index in [4.69, 9.17) is 11.6 Å². The zero-order chi connectivity index (χ0) is 12.3. The molecule has 1 saturated heterocycles. The first-order chi connectivity index (χ1) is 8.19. The minimum atomic E-state index is -0.213. The summed E-state index contributed by atoms with van der Waals surface area (Å²) in [5, 5.41) is 3.95. The second-order valence-electron chi connectivity index (χ2n) is 4.57. The molecule has 2 rings (SSSR count). The Bertz CT molecular complexity index is 379. The lowest BCUT2D eigenvalue weighted by Crippen LogP contribution is -2.40. The molecule has 0 aliphatic carbocycles. The maximum absolute atomic E-state index is 13.1. The van der Waals surface area contributed by atoms with Crippen LogP contribution in [0.2, 0.25) is 5.02 Å². The first kappa shape index (κ1) is 15.7. The molecule has 2 nitrogen and oxygen atoms in total. The van der Waals surface area contributed by atoms with Gasteiger partial charge < -0.3 is 5.32 Å². The average Bonchev–Trinajstić information content (AvgIpc) is 2.35. The highest BCUT2D eigenvalue weighted by molar-refractivity contribution is 6.31. The van der Waals surface area contributed by atoms with E-state index in [2.05, 4.69) is 10.2 Å². The fraction of sp³-hybridized carbons (Fsp3) is 0.538. The van der Waals surface area contributed by atoms with E-state index in [1.807, 2.05) is 7.05 Å². The van der Waals surface area contributed by atoms with Crippen LogP contribution >= 0.6 is 24.0 Å². The van der Waals surface area contributed by atoms with Crippen molar-refractivity contribution in [3.8, 4) is 0 Å². The normalized spacial score (nSPS) is 17.5. The number of hydrogen-bond acceptors (Lipinski definition) is 2. The van der Waals surface area contributed by atoms with Gasteiger partial charge in [0.1, 0.15) is 5.82 Å². The van der Waals surface area contributed by atoms with E-state index in [0.717, 1.165) is 38.0 Å². The van der Waals surface area contributed by atoms with E-state index < -0.39 is 0 Å². The minimum absolute atomic E-state index is 0. The molecule has 0 saturated carbocycles. The van der Waals surface area contributed by atoms with Gasteiger partial charge in [0.15, 0.2) is 0 Å². The number of piperidine rings is 1. The largest absolute Gasteiger partial charge is 0.317 e. The molecule has 0 aromatic heterocycles. The number of hydrogen-bond donors (Lipinski definition) is 1. The van der Waals surface area contributed by atoms with Gasteiger partial charge in [0.05, 0.1) is 0 Å². The van der Waals surface area contributed by atoms with Gasteiger partial charge in [-0.15, -0.1) is 12.4 Å². The van der Waals surface area contributed by atoms with E-state index in [1.165, 1.54) is 12.1 Å². The van der Waals surface area contributed by atoms with Crippen LogP contribution in [0.25, 0.3) is 0 Å². The molecule has 5 heteroatoms. The predicted octanol–water partition coefficient (Wildman–Crippen LogP) is 3.08. The third kappa shape index (κ3) is 4.09. The lowest BCUT2D eigenvalue weighted by molar-refractivity contribution is 0.194. The van der Waals surface area contributed by atoms with Crippen LogP contribution in [0.3, 0.4) is 0 Å². The van der Waals surface area contributed by atoms with Gasteiger partial charge in [0, 0.05) is 17.6 Å². The number of nitrogens with zero attached hydrogens (tertiary/aromatic N) is 1. The summed E-state index contributed by atoms with van der Waals surface area (Å²) in [5.41, 5.74) is 0.884. The molecule has 1 aliphatic rings. The topological polar surface area (TPSA) is 15.3 Å². The van der Waals surface area contributed by atoms with Gasteiger partial charge in [-0.2, -0.15) is 0 Å². The van der Waals surface area contributed by atoms with Crippen molar-refractivity contribution in [2.24, 2.45) is 0 Å². The molecule has 102 valence electrons. The van der Waals surface area contributed by atoms with Crippen LogP contribution in [0.15, 0.2) is 18.2 Å². The molecule has 0 radical (unpaired) electrons. The van der Waals surface area contributed by atoms with E-state index >= 15 is 0 Å². The molecule has 1 heterocycles. The summed E-state index contributed by atoms with van der Waals surface area (Å²) >= 11 is 6.07. The van der Waals surface area contributed by atoms with Crippen molar-refractivity contribution in [2.45, 2.75) is 25.4 Å². The van der Waals surface area contributed by atoms with E-state index in [1.54, 1.807) is 6.07 Å². The molecule has 0 atom stereocenters. The van der Waals surface area contributed by atoms with Gasteiger partial charge in [-0.25, -0.2) is 4.39 Å². The summed E-state index contributed by atoms with van der Waals surface area (Å²) in [6, 6.07) is 5.19. The van der Waals surface area contributed by atoms with Crippen LogP contribution in [-0.2, 0) is 6.54 Å². The van der Waals surface area contributed by atoms with Crippen LogP contribution in [0.1, 0.15) is 18.4 Å². The Kier molecular flexibility index (Phi) is 6.36. The minimum Gasteiger partial charge on any atom is -0.317 e. The summed E-state index contributed by atoms with van der Waals surface area (Å²) in [6.07, 6.45) is 2.28. The monoisotopic (exact) mass is 292 g/mol. The van der Waals surface area contributed by atoms with E-state index in [0.29, 0.717) is 11.1 Å².